The summed E-state index contributed by atoms with van der Waals surface area (Å²) in [5.74, 6) is -0.172. The molecule has 2 heterocycles. The van der Waals surface area contributed by atoms with Gasteiger partial charge in [0.15, 0.2) is 0 Å². The number of anilines is 1. The molecule has 0 aliphatic heterocycles. The Morgan fingerprint density at radius 2 is 1.86 bits per heavy atom. The molecule has 0 atom stereocenters. The lowest BCUT2D eigenvalue weighted by atomic mass is 10.1. The zero-order valence-corrected chi connectivity index (χ0v) is 15.5. The molecule has 1 amide bonds. The van der Waals surface area contributed by atoms with Crippen LogP contribution in [-0.2, 0) is 12.8 Å². The van der Waals surface area contributed by atoms with Gasteiger partial charge in [-0.1, -0.05) is 36.4 Å². The Morgan fingerprint density at radius 3 is 2.64 bits per heavy atom. The fourth-order valence-electron chi connectivity index (χ4n) is 3.22. The third-order valence-corrected chi connectivity index (χ3v) is 4.67. The molecule has 0 saturated heterocycles. The van der Waals surface area contributed by atoms with E-state index in [9.17, 15) is 9.18 Å². The molecule has 1 N–H and O–H groups in total. The minimum absolute atomic E-state index is 0.274. The average molecular weight is 373 g/mol. The summed E-state index contributed by atoms with van der Waals surface area (Å²) in [5, 5.41) is 2.93. The number of carbonyl (C=O) groups excluding carboxylic acids is 1. The first kappa shape index (κ1) is 17.9. The molecule has 4 nitrogen and oxygen atoms in total. The second-order valence-corrected chi connectivity index (χ2v) is 6.79. The summed E-state index contributed by atoms with van der Waals surface area (Å²) < 4.78 is 15.4. The first-order valence-electron chi connectivity index (χ1n) is 9.18. The lowest BCUT2D eigenvalue weighted by Crippen LogP contribution is -2.15. The average Bonchev–Trinajstić information content (AvgIpc) is 3.03. The van der Waals surface area contributed by atoms with E-state index in [0.717, 1.165) is 23.3 Å². The van der Waals surface area contributed by atoms with E-state index in [1.807, 2.05) is 47.9 Å². The molecule has 0 saturated carbocycles. The van der Waals surface area contributed by atoms with Gasteiger partial charge in [-0.05, 0) is 61.2 Å². The van der Waals surface area contributed by atoms with Crippen molar-refractivity contribution in [3.63, 3.8) is 0 Å². The summed E-state index contributed by atoms with van der Waals surface area (Å²) >= 11 is 0. The van der Waals surface area contributed by atoms with Crippen molar-refractivity contribution in [2.45, 2.75) is 19.8 Å². The maximum atomic E-state index is 13.5. The van der Waals surface area contributed by atoms with Crippen molar-refractivity contribution in [1.82, 2.24) is 9.38 Å². The summed E-state index contributed by atoms with van der Waals surface area (Å²) in [7, 11) is 0. The molecule has 5 heteroatoms. The van der Waals surface area contributed by atoms with Gasteiger partial charge >= 0.3 is 0 Å². The number of hydrogen-bond donors (Lipinski definition) is 1. The van der Waals surface area contributed by atoms with Crippen molar-refractivity contribution in [2.75, 3.05) is 5.32 Å². The van der Waals surface area contributed by atoms with Crippen molar-refractivity contribution < 1.29 is 9.18 Å². The molecular weight excluding hydrogens is 353 g/mol. The van der Waals surface area contributed by atoms with Crippen LogP contribution in [0.1, 0.15) is 27.2 Å². The van der Waals surface area contributed by atoms with E-state index in [-0.39, 0.29) is 11.5 Å². The quantitative estimate of drug-likeness (QED) is 0.545. The fourth-order valence-corrected chi connectivity index (χ4v) is 3.22. The normalized spacial score (nSPS) is 10.9. The first-order chi connectivity index (χ1) is 13.6. The van der Waals surface area contributed by atoms with Gasteiger partial charge in [0.1, 0.15) is 17.3 Å². The molecule has 2 aromatic carbocycles. The van der Waals surface area contributed by atoms with Gasteiger partial charge < -0.3 is 5.32 Å². The molecule has 140 valence electrons. The SMILES string of the molecule is Cc1ccn2c(NC(=O)c3cccc(F)c3)c(CCc3ccccc3)nc2c1. The van der Waals surface area contributed by atoms with Crippen LogP contribution in [0.5, 0.6) is 0 Å². The van der Waals surface area contributed by atoms with Crippen LogP contribution in [-0.4, -0.2) is 15.3 Å². The number of rotatable bonds is 5. The molecule has 0 unspecified atom stereocenters. The fraction of sp³-hybridized carbons (Fsp3) is 0.130. The van der Waals surface area contributed by atoms with Crippen molar-refractivity contribution in [3.05, 3.63) is 101 Å². The first-order valence-corrected chi connectivity index (χ1v) is 9.18. The number of nitrogens with one attached hydrogen (secondary N) is 1. The molecule has 2 aromatic heterocycles. The molecule has 28 heavy (non-hydrogen) atoms. The van der Waals surface area contributed by atoms with Crippen LogP contribution in [0.3, 0.4) is 0 Å². The number of nitrogens with zero attached hydrogens (tertiary/aromatic N) is 2. The number of hydrogen-bond acceptors (Lipinski definition) is 2. The van der Waals surface area contributed by atoms with Crippen LogP contribution < -0.4 is 5.32 Å². The minimum atomic E-state index is -0.439. The molecular formula is C23H20FN3O. The van der Waals surface area contributed by atoms with Crippen molar-refractivity contribution >= 4 is 17.4 Å². The summed E-state index contributed by atoms with van der Waals surface area (Å²) in [6.45, 7) is 2.00. The number of pyridine rings is 1. The largest absolute Gasteiger partial charge is 0.306 e. The molecule has 0 aliphatic rings. The lowest BCUT2D eigenvalue weighted by Gasteiger charge is -2.08. The smallest absolute Gasteiger partial charge is 0.256 e. The van der Waals surface area contributed by atoms with Crippen LogP contribution in [0.25, 0.3) is 5.65 Å². The van der Waals surface area contributed by atoms with Gasteiger partial charge in [-0.25, -0.2) is 9.37 Å². The Kier molecular flexibility index (Phi) is 4.89. The maximum Gasteiger partial charge on any atom is 0.256 e. The summed E-state index contributed by atoms with van der Waals surface area (Å²) in [5.41, 5.74) is 4.15. The Labute approximate surface area is 162 Å². The summed E-state index contributed by atoms with van der Waals surface area (Å²) in [6.07, 6.45) is 3.39. The molecule has 0 bridgehead atoms. The van der Waals surface area contributed by atoms with E-state index in [1.165, 1.54) is 23.8 Å². The Morgan fingerprint density at radius 1 is 1.04 bits per heavy atom. The van der Waals surface area contributed by atoms with E-state index in [4.69, 9.17) is 4.98 Å². The van der Waals surface area contributed by atoms with E-state index < -0.39 is 5.82 Å². The van der Waals surface area contributed by atoms with Gasteiger partial charge in [0, 0.05) is 11.8 Å². The highest BCUT2D eigenvalue weighted by Crippen LogP contribution is 2.22. The molecule has 0 radical (unpaired) electrons. The van der Waals surface area contributed by atoms with Crippen molar-refractivity contribution in [1.29, 1.82) is 0 Å². The standard InChI is InChI=1S/C23H20FN3O/c1-16-12-13-27-21(14-16)25-20(11-10-17-6-3-2-4-7-17)22(27)26-23(28)18-8-5-9-19(24)15-18/h2-9,12-15H,10-11H2,1H3,(H,26,28). The van der Waals surface area contributed by atoms with Gasteiger partial charge in [0.05, 0.1) is 5.69 Å². The predicted molar refractivity (Wildman–Crippen MR) is 108 cm³/mol. The zero-order chi connectivity index (χ0) is 19.5. The minimum Gasteiger partial charge on any atom is -0.306 e. The third kappa shape index (κ3) is 3.78. The van der Waals surface area contributed by atoms with E-state index >= 15 is 0 Å². The Balaban J connectivity index is 1.67. The third-order valence-electron chi connectivity index (χ3n) is 4.67. The monoisotopic (exact) mass is 373 g/mol. The number of halogens is 1. The number of fused-ring (bicyclic) bond motifs is 1. The van der Waals surface area contributed by atoms with Crippen molar-refractivity contribution in [3.8, 4) is 0 Å². The number of benzene rings is 2. The second kappa shape index (κ2) is 7.64. The molecule has 0 aliphatic carbocycles. The van der Waals surface area contributed by atoms with Gasteiger partial charge in [0.25, 0.3) is 5.91 Å². The molecule has 0 spiro atoms. The second-order valence-electron chi connectivity index (χ2n) is 6.79. The number of imidazole rings is 1. The van der Waals surface area contributed by atoms with Gasteiger partial charge in [-0.3, -0.25) is 9.20 Å². The summed E-state index contributed by atoms with van der Waals surface area (Å²) in [4.78, 5) is 17.4. The number of aromatic nitrogens is 2. The summed E-state index contributed by atoms with van der Waals surface area (Å²) in [6, 6.07) is 19.8. The van der Waals surface area contributed by atoms with Crippen LogP contribution in [0.2, 0.25) is 0 Å². The topological polar surface area (TPSA) is 46.4 Å². The number of carbonyl (C=O) groups is 1. The van der Waals surface area contributed by atoms with Crippen LogP contribution in [0.4, 0.5) is 10.2 Å². The predicted octanol–water partition coefficient (Wildman–Crippen LogP) is 4.82. The Bertz CT molecular complexity index is 1140. The van der Waals surface area contributed by atoms with Crippen LogP contribution in [0, 0.1) is 12.7 Å². The highest BCUT2D eigenvalue weighted by molar-refractivity contribution is 6.04. The van der Waals surface area contributed by atoms with Crippen LogP contribution in [0.15, 0.2) is 72.9 Å². The van der Waals surface area contributed by atoms with Gasteiger partial charge in [0.2, 0.25) is 0 Å². The van der Waals surface area contributed by atoms with E-state index in [1.54, 1.807) is 6.07 Å². The molecule has 4 rings (SSSR count). The Hall–Kier alpha value is -3.47. The number of amides is 1. The van der Waals surface area contributed by atoms with Gasteiger partial charge in [-0.2, -0.15) is 0 Å². The van der Waals surface area contributed by atoms with Crippen molar-refractivity contribution in [2.24, 2.45) is 0 Å². The highest BCUT2D eigenvalue weighted by atomic mass is 19.1. The van der Waals surface area contributed by atoms with E-state index in [2.05, 4.69) is 17.4 Å². The highest BCUT2D eigenvalue weighted by Gasteiger charge is 2.16. The van der Waals surface area contributed by atoms with E-state index in [0.29, 0.717) is 12.2 Å². The molecule has 4 aromatic rings. The number of aryl methyl sites for hydroxylation is 3. The lowest BCUT2D eigenvalue weighted by molar-refractivity contribution is 0.102. The maximum absolute atomic E-state index is 13.5. The van der Waals surface area contributed by atoms with Gasteiger partial charge in [-0.15, -0.1) is 0 Å². The zero-order valence-electron chi connectivity index (χ0n) is 15.5. The van der Waals surface area contributed by atoms with Crippen LogP contribution >= 0.6 is 0 Å². The molecule has 0 fully saturated rings.